The third kappa shape index (κ3) is 4.29. The quantitative estimate of drug-likeness (QED) is 0.539. The second-order valence-electron chi connectivity index (χ2n) is 10.7. The van der Waals surface area contributed by atoms with Gasteiger partial charge in [0.25, 0.3) is 0 Å². The lowest BCUT2D eigenvalue weighted by atomic mass is 9.80. The lowest BCUT2D eigenvalue weighted by Crippen LogP contribution is -2.66. The van der Waals surface area contributed by atoms with Gasteiger partial charge in [0.15, 0.2) is 0 Å². The molecule has 180 valence electrons. The molecule has 4 unspecified atom stereocenters. The molecule has 3 heterocycles. The van der Waals surface area contributed by atoms with Crippen molar-refractivity contribution in [3.8, 4) is 0 Å². The number of fused-ring (bicyclic) bond motifs is 1. The molecule has 0 spiro atoms. The van der Waals surface area contributed by atoms with Crippen LogP contribution in [-0.2, 0) is 19.6 Å². The number of hydrogen-bond acceptors (Lipinski definition) is 7. The minimum absolute atomic E-state index is 0.165. The van der Waals surface area contributed by atoms with E-state index < -0.39 is 21.2 Å². The zero-order chi connectivity index (χ0) is 22.7. The number of amides is 3. The highest BCUT2D eigenvalue weighted by Gasteiger charge is 2.52. The Morgan fingerprint density at radius 1 is 1.16 bits per heavy atom. The summed E-state index contributed by atoms with van der Waals surface area (Å²) in [6.07, 6.45) is 3.00. The Balaban J connectivity index is 1.35. The maximum Gasteiger partial charge on any atom is 0.326 e. The van der Waals surface area contributed by atoms with Crippen molar-refractivity contribution in [3.05, 3.63) is 0 Å². The average molecular weight is 470 g/mol. The highest BCUT2D eigenvalue weighted by atomic mass is 32.2. The summed E-state index contributed by atoms with van der Waals surface area (Å²) in [4.78, 5) is 30.2. The van der Waals surface area contributed by atoms with E-state index >= 15 is 0 Å². The Bertz CT molecular complexity index is 874. The molecule has 3 saturated heterocycles. The Morgan fingerprint density at radius 2 is 1.91 bits per heavy atom. The number of nitrogens with zero attached hydrogens (tertiary/aromatic N) is 3. The molecule has 0 bridgehead atoms. The van der Waals surface area contributed by atoms with E-state index in [2.05, 4.69) is 10.1 Å². The number of ether oxygens (including phenoxy) is 1. The first kappa shape index (κ1) is 22.5. The van der Waals surface area contributed by atoms with Crippen LogP contribution < -0.4 is 10.1 Å². The molecule has 0 radical (unpaired) electrons. The van der Waals surface area contributed by atoms with Crippen LogP contribution in [-0.4, -0.2) is 98.4 Å². The van der Waals surface area contributed by atoms with E-state index in [1.165, 1.54) is 4.90 Å². The van der Waals surface area contributed by atoms with Crippen molar-refractivity contribution in [2.75, 3.05) is 46.4 Å². The lowest BCUT2D eigenvalue weighted by Gasteiger charge is -2.50. The maximum absolute atomic E-state index is 13.5. The standard InChI is InChI=1S/C21H35N5O5S/c1-21(5-6-21)23-32(29,30)16-3-4-18-17(7-16)19(27)26(10-14-8-22-24(2)9-14)20(28)25(18)11-15-12-31-13-15/h14-18,22-23H,3-13H2,1-2H3. The Morgan fingerprint density at radius 3 is 2.50 bits per heavy atom. The zero-order valence-electron chi connectivity index (χ0n) is 19.0. The molecular formula is C21H35N5O5S. The third-order valence-electron chi connectivity index (χ3n) is 7.84. The Labute approximate surface area is 190 Å². The van der Waals surface area contributed by atoms with Gasteiger partial charge in [0, 0.05) is 56.6 Å². The van der Waals surface area contributed by atoms with E-state index in [0.29, 0.717) is 39.1 Å². The number of carbonyl (C=O) groups is 2. The fourth-order valence-electron chi connectivity index (χ4n) is 5.58. The molecule has 2 saturated carbocycles. The number of rotatable bonds is 7. The summed E-state index contributed by atoms with van der Waals surface area (Å²) in [6.45, 7) is 5.61. The van der Waals surface area contributed by atoms with Gasteiger partial charge in [-0.25, -0.2) is 22.9 Å². The van der Waals surface area contributed by atoms with Crippen LogP contribution in [0.15, 0.2) is 0 Å². The van der Waals surface area contributed by atoms with Crippen molar-refractivity contribution in [1.29, 1.82) is 0 Å². The smallest absolute Gasteiger partial charge is 0.326 e. The van der Waals surface area contributed by atoms with Crippen LogP contribution in [0.3, 0.4) is 0 Å². The van der Waals surface area contributed by atoms with Crippen LogP contribution >= 0.6 is 0 Å². The van der Waals surface area contributed by atoms with Crippen molar-refractivity contribution < 1.29 is 22.7 Å². The second kappa shape index (κ2) is 8.19. The van der Waals surface area contributed by atoms with E-state index in [9.17, 15) is 18.0 Å². The minimum Gasteiger partial charge on any atom is -0.381 e. The van der Waals surface area contributed by atoms with Crippen LogP contribution in [0.1, 0.15) is 39.0 Å². The molecule has 11 heteroatoms. The number of sulfonamides is 1. The van der Waals surface area contributed by atoms with Gasteiger partial charge in [-0.2, -0.15) is 0 Å². The van der Waals surface area contributed by atoms with E-state index in [4.69, 9.17) is 4.74 Å². The van der Waals surface area contributed by atoms with Gasteiger partial charge in [0.1, 0.15) is 0 Å². The first-order chi connectivity index (χ1) is 15.2. The van der Waals surface area contributed by atoms with Crippen LogP contribution in [0.25, 0.3) is 0 Å². The van der Waals surface area contributed by atoms with Gasteiger partial charge in [-0.3, -0.25) is 15.1 Å². The summed E-state index contributed by atoms with van der Waals surface area (Å²) in [5.41, 5.74) is 2.90. The predicted molar refractivity (Wildman–Crippen MR) is 117 cm³/mol. The van der Waals surface area contributed by atoms with Gasteiger partial charge in [0.2, 0.25) is 15.9 Å². The molecule has 0 aromatic carbocycles. The summed E-state index contributed by atoms with van der Waals surface area (Å²) >= 11 is 0. The highest BCUT2D eigenvalue weighted by molar-refractivity contribution is 7.90. The summed E-state index contributed by atoms with van der Waals surface area (Å²) in [5.74, 6) is -0.221. The molecule has 10 nitrogen and oxygen atoms in total. The molecule has 32 heavy (non-hydrogen) atoms. The largest absolute Gasteiger partial charge is 0.381 e. The minimum atomic E-state index is -3.51. The number of urea groups is 1. The number of imide groups is 1. The van der Waals surface area contributed by atoms with Crippen molar-refractivity contribution >= 4 is 22.0 Å². The van der Waals surface area contributed by atoms with Gasteiger partial charge < -0.3 is 9.64 Å². The number of hydrogen-bond donors (Lipinski definition) is 2. The van der Waals surface area contributed by atoms with Crippen LogP contribution in [0.4, 0.5) is 4.79 Å². The van der Waals surface area contributed by atoms with E-state index in [1.807, 2.05) is 23.9 Å². The SMILES string of the molecule is CN1CC(CN2C(=O)C3CC(S(=O)(=O)NC4(C)CC4)CCC3N(CC3COC3)C2=O)CN1. The van der Waals surface area contributed by atoms with Crippen LogP contribution in [0.5, 0.6) is 0 Å². The number of nitrogens with one attached hydrogen (secondary N) is 2. The normalized spacial score (nSPS) is 35.7. The van der Waals surface area contributed by atoms with Crippen molar-refractivity contribution in [2.24, 2.45) is 17.8 Å². The summed E-state index contributed by atoms with van der Waals surface area (Å²) in [7, 11) is -1.56. The Kier molecular flexibility index (Phi) is 5.77. The van der Waals surface area contributed by atoms with E-state index in [0.717, 1.165) is 25.9 Å². The van der Waals surface area contributed by atoms with Gasteiger partial charge in [0.05, 0.1) is 24.4 Å². The topological polar surface area (TPSA) is 111 Å². The van der Waals surface area contributed by atoms with Gasteiger partial charge in [-0.05, 0) is 39.0 Å². The summed E-state index contributed by atoms with van der Waals surface area (Å²) in [5, 5.41) is 1.39. The van der Waals surface area contributed by atoms with Crippen molar-refractivity contribution in [3.63, 3.8) is 0 Å². The van der Waals surface area contributed by atoms with Gasteiger partial charge in [-0.15, -0.1) is 0 Å². The average Bonchev–Trinajstić information content (AvgIpc) is 3.27. The van der Waals surface area contributed by atoms with Crippen molar-refractivity contribution in [1.82, 2.24) is 25.0 Å². The van der Waals surface area contributed by atoms with E-state index in [-0.39, 0.29) is 41.8 Å². The maximum atomic E-state index is 13.5. The summed E-state index contributed by atoms with van der Waals surface area (Å²) < 4.78 is 34.3. The first-order valence-electron chi connectivity index (χ1n) is 11.8. The Hall–Kier alpha value is -1.27. The molecule has 5 aliphatic rings. The molecule has 0 aromatic rings. The fourth-order valence-corrected chi connectivity index (χ4v) is 7.54. The molecule has 0 aromatic heterocycles. The highest BCUT2D eigenvalue weighted by Crippen LogP contribution is 2.40. The summed E-state index contributed by atoms with van der Waals surface area (Å²) in [6, 6.07) is -0.443. The van der Waals surface area contributed by atoms with Crippen molar-refractivity contribution in [2.45, 2.75) is 55.9 Å². The molecular weight excluding hydrogens is 434 g/mol. The number of carbonyl (C=O) groups excluding carboxylic acids is 2. The molecule has 3 amide bonds. The monoisotopic (exact) mass is 469 g/mol. The van der Waals surface area contributed by atoms with E-state index in [1.54, 1.807) is 0 Å². The molecule has 4 atom stereocenters. The predicted octanol–water partition coefficient (Wildman–Crippen LogP) is -0.0276. The van der Waals surface area contributed by atoms with Crippen LogP contribution in [0.2, 0.25) is 0 Å². The fraction of sp³-hybridized carbons (Fsp3) is 0.905. The first-order valence-corrected chi connectivity index (χ1v) is 13.4. The molecule has 5 rings (SSSR count). The zero-order valence-corrected chi connectivity index (χ0v) is 19.8. The second-order valence-corrected chi connectivity index (χ2v) is 12.7. The lowest BCUT2D eigenvalue weighted by molar-refractivity contribution is -0.142. The molecule has 5 fully saturated rings. The molecule has 2 N–H and O–H groups in total. The van der Waals surface area contributed by atoms with Gasteiger partial charge >= 0.3 is 6.03 Å². The molecule has 2 aliphatic carbocycles. The van der Waals surface area contributed by atoms with Crippen LogP contribution in [0, 0.1) is 17.8 Å². The molecule has 3 aliphatic heterocycles. The van der Waals surface area contributed by atoms with Gasteiger partial charge in [-0.1, -0.05) is 0 Å². The number of hydrazine groups is 1. The third-order valence-corrected chi connectivity index (χ3v) is 9.92.